The number of carbonyl (C=O) groups excluding carboxylic acids is 2. The van der Waals surface area contributed by atoms with Crippen LogP contribution in [0.1, 0.15) is 46.0 Å². The molecule has 0 aromatic rings. The lowest BCUT2D eigenvalue weighted by molar-refractivity contribution is -0.144. The second-order valence-electron chi connectivity index (χ2n) is 4.52. The van der Waals surface area contributed by atoms with Crippen molar-refractivity contribution in [2.24, 2.45) is 0 Å². The molecule has 1 saturated heterocycles. The molecule has 0 spiro atoms. The minimum absolute atomic E-state index is 0.151. The third-order valence-corrected chi connectivity index (χ3v) is 3.26. The highest BCUT2D eigenvalue weighted by molar-refractivity contribution is 5.84. The molecule has 0 amide bonds. The zero-order valence-electron chi connectivity index (χ0n) is 10.9. The number of ether oxygens (including phenoxy) is 1. The lowest BCUT2D eigenvalue weighted by Gasteiger charge is -2.22. The van der Waals surface area contributed by atoms with Crippen molar-refractivity contribution in [1.82, 2.24) is 4.90 Å². The van der Waals surface area contributed by atoms with Crippen molar-refractivity contribution in [3.63, 3.8) is 0 Å². The molecule has 1 atom stereocenters. The maximum Gasteiger partial charge on any atom is 0.306 e. The van der Waals surface area contributed by atoms with Crippen molar-refractivity contribution in [3.8, 4) is 0 Å². The van der Waals surface area contributed by atoms with E-state index >= 15 is 0 Å². The van der Waals surface area contributed by atoms with Gasteiger partial charge in [-0.05, 0) is 32.7 Å². The largest absolute Gasteiger partial charge is 0.466 e. The Morgan fingerprint density at radius 3 is 2.71 bits per heavy atom. The van der Waals surface area contributed by atoms with E-state index in [-0.39, 0.29) is 18.2 Å². The van der Waals surface area contributed by atoms with E-state index in [0.29, 0.717) is 25.6 Å². The second-order valence-corrected chi connectivity index (χ2v) is 4.52. The van der Waals surface area contributed by atoms with Crippen LogP contribution in [0.25, 0.3) is 0 Å². The molecule has 0 N–H and O–H groups in total. The Kier molecular flexibility index (Phi) is 6.19. The van der Waals surface area contributed by atoms with Gasteiger partial charge in [-0.1, -0.05) is 6.92 Å². The van der Waals surface area contributed by atoms with Crippen LogP contribution in [-0.2, 0) is 14.3 Å². The molecule has 1 unspecified atom stereocenters. The van der Waals surface area contributed by atoms with E-state index < -0.39 is 0 Å². The van der Waals surface area contributed by atoms with E-state index in [9.17, 15) is 9.59 Å². The molecule has 4 nitrogen and oxygen atoms in total. The predicted octanol–water partition coefficient (Wildman–Crippen LogP) is 1.77. The van der Waals surface area contributed by atoms with E-state index in [4.69, 9.17) is 4.74 Å². The Balaban J connectivity index is 2.22. The fraction of sp³-hybridized carbons (Fsp3) is 0.846. The quantitative estimate of drug-likeness (QED) is 0.637. The number of nitrogens with zero attached hydrogens (tertiary/aromatic N) is 1. The molecule has 1 aliphatic rings. The second kappa shape index (κ2) is 7.43. The molecule has 0 radical (unpaired) electrons. The average molecular weight is 241 g/mol. The summed E-state index contributed by atoms with van der Waals surface area (Å²) in [6.45, 7) is 5.83. The summed E-state index contributed by atoms with van der Waals surface area (Å²) in [6.07, 6.45) is 4.01. The Morgan fingerprint density at radius 1 is 1.29 bits per heavy atom. The summed E-state index contributed by atoms with van der Waals surface area (Å²) in [5.41, 5.74) is 0. The Hall–Kier alpha value is -0.900. The zero-order valence-corrected chi connectivity index (χ0v) is 10.9. The highest BCUT2D eigenvalue weighted by atomic mass is 16.5. The highest BCUT2D eigenvalue weighted by Gasteiger charge is 2.24. The molecule has 4 heteroatoms. The highest BCUT2D eigenvalue weighted by Crippen LogP contribution is 2.19. The van der Waals surface area contributed by atoms with Gasteiger partial charge >= 0.3 is 5.97 Å². The fourth-order valence-corrected chi connectivity index (χ4v) is 2.35. The van der Waals surface area contributed by atoms with Gasteiger partial charge < -0.3 is 4.74 Å². The van der Waals surface area contributed by atoms with Gasteiger partial charge in [-0.2, -0.15) is 0 Å². The number of ketones is 1. The van der Waals surface area contributed by atoms with Crippen molar-refractivity contribution in [3.05, 3.63) is 0 Å². The molecule has 0 aromatic heterocycles. The molecule has 1 heterocycles. The minimum atomic E-state index is -0.269. The molecule has 0 bridgehead atoms. The van der Waals surface area contributed by atoms with Crippen LogP contribution in [0.15, 0.2) is 0 Å². The molecule has 1 rings (SSSR count). The molecule has 1 fully saturated rings. The number of carbonyl (C=O) groups is 2. The fourth-order valence-electron chi connectivity index (χ4n) is 2.35. The van der Waals surface area contributed by atoms with E-state index in [2.05, 4.69) is 11.8 Å². The van der Waals surface area contributed by atoms with Crippen LogP contribution < -0.4 is 0 Å². The van der Waals surface area contributed by atoms with Crippen molar-refractivity contribution in [2.45, 2.75) is 52.0 Å². The minimum Gasteiger partial charge on any atom is -0.466 e. The van der Waals surface area contributed by atoms with Crippen LogP contribution in [0.2, 0.25) is 0 Å². The number of rotatable bonds is 7. The SMILES string of the molecule is CCOC(=O)CCC(=O)CN1CCCC1CC. The van der Waals surface area contributed by atoms with Crippen molar-refractivity contribution >= 4 is 11.8 Å². The average Bonchev–Trinajstić information content (AvgIpc) is 2.74. The normalized spacial score (nSPS) is 20.5. The summed E-state index contributed by atoms with van der Waals surface area (Å²) >= 11 is 0. The van der Waals surface area contributed by atoms with Gasteiger partial charge in [0, 0.05) is 12.5 Å². The first kappa shape index (κ1) is 14.2. The molecular weight excluding hydrogens is 218 g/mol. The van der Waals surface area contributed by atoms with Crippen LogP contribution in [0.5, 0.6) is 0 Å². The maximum absolute atomic E-state index is 11.7. The Morgan fingerprint density at radius 2 is 2.06 bits per heavy atom. The smallest absolute Gasteiger partial charge is 0.306 e. The van der Waals surface area contributed by atoms with Crippen LogP contribution in [0.4, 0.5) is 0 Å². The first-order chi connectivity index (χ1) is 8.17. The summed E-state index contributed by atoms with van der Waals surface area (Å²) in [5, 5.41) is 0. The van der Waals surface area contributed by atoms with E-state index in [1.54, 1.807) is 6.92 Å². The molecular formula is C13H23NO3. The van der Waals surface area contributed by atoms with Crippen molar-refractivity contribution in [1.29, 1.82) is 0 Å². The standard InChI is InChI=1S/C13H23NO3/c1-3-11-6-5-9-14(11)10-12(15)7-8-13(16)17-4-2/h11H,3-10H2,1-2H3. The van der Waals surface area contributed by atoms with Gasteiger partial charge in [0.15, 0.2) is 0 Å². The lowest BCUT2D eigenvalue weighted by Crippen LogP contribution is -2.34. The van der Waals surface area contributed by atoms with Crippen LogP contribution in [0, 0.1) is 0 Å². The number of likely N-dealkylation sites (tertiary alicyclic amines) is 1. The first-order valence-electron chi connectivity index (χ1n) is 6.58. The van der Waals surface area contributed by atoms with Gasteiger partial charge in [0.2, 0.25) is 0 Å². The Labute approximate surface area is 103 Å². The van der Waals surface area contributed by atoms with Gasteiger partial charge in [-0.15, -0.1) is 0 Å². The summed E-state index contributed by atoms with van der Waals surface area (Å²) < 4.78 is 4.80. The van der Waals surface area contributed by atoms with Gasteiger partial charge in [0.25, 0.3) is 0 Å². The maximum atomic E-state index is 11.7. The van der Waals surface area contributed by atoms with Crippen molar-refractivity contribution in [2.75, 3.05) is 19.7 Å². The van der Waals surface area contributed by atoms with Crippen LogP contribution in [-0.4, -0.2) is 42.4 Å². The molecule has 98 valence electrons. The van der Waals surface area contributed by atoms with Crippen LogP contribution >= 0.6 is 0 Å². The predicted molar refractivity (Wildman–Crippen MR) is 65.8 cm³/mol. The molecule has 0 aromatic carbocycles. The molecule has 0 aliphatic carbocycles. The molecule has 17 heavy (non-hydrogen) atoms. The van der Waals surface area contributed by atoms with Gasteiger partial charge in [-0.25, -0.2) is 0 Å². The third kappa shape index (κ3) is 4.86. The number of hydrogen-bond donors (Lipinski definition) is 0. The zero-order chi connectivity index (χ0) is 12.7. The number of Topliss-reactive ketones (excluding diaryl/α,β-unsaturated/α-hetero) is 1. The van der Waals surface area contributed by atoms with E-state index in [1.807, 2.05) is 0 Å². The first-order valence-corrected chi connectivity index (χ1v) is 6.58. The number of esters is 1. The Bertz CT molecular complexity index is 265. The lowest BCUT2D eigenvalue weighted by atomic mass is 10.1. The topological polar surface area (TPSA) is 46.6 Å². The van der Waals surface area contributed by atoms with Gasteiger partial charge in [-0.3, -0.25) is 14.5 Å². The van der Waals surface area contributed by atoms with Crippen LogP contribution in [0.3, 0.4) is 0 Å². The third-order valence-electron chi connectivity index (χ3n) is 3.26. The molecule has 0 saturated carbocycles. The molecule has 1 aliphatic heterocycles. The summed E-state index contributed by atoms with van der Waals surface area (Å²) in [4.78, 5) is 25.1. The monoisotopic (exact) mass is 241 g/mol. The van der Waals surface area contributed by atoms with E-state index in [0.717, 1.165) is 13.0 Å². The number of hydrogen-bond acceptors (Lipinski definition) is 4. The van der Waals surface area contributed by atoms with E-state index in [1.165, 1.54) is 12.8 Å². The van der Waals surface area contributed by atoms with Crippen molar-refractivity contribution < 1.29 is 14.3 Å². The van der Waals surface area contributed by atoms with Gasteiger partial charge in [0.05, 0.1) is 19.6 Å². The summed E-state index contributed by atoms with van der Waals surface area (Å²) in [5.74, 6) is -0.118. The summed E-state index contributed by atoms with van der Waals surface area (Å²) in [7, 11) is 0. The summed E-state index contributed by atoms with van der Waals surface area (Å²) in [6, 6.07) is 0.557. The van der Waals surface area contributed by atoms with Gasteiger partial charge in [0.1, 0.15) is 5.78 Å².